The number of nitrogens with one attached hydrogen (secondary N) is 1. The van der Waals surface area contributed by atoms with Gasteiger partial charge in [-0.15, -0.1) is 0 Å². The van der Waals surface area contributed by atoms with Crippen LogP contribution in [0.15, 0.2) is 18.3 Å². The molecule has 0 bridgehead atoms. The van der Waals surface area contributed by atoms with E-state index < -0.39 is 11.4 Å². The molecule has 6 nitrogen and oxygen atoms in total. The number of amides is 2. The fraction of sp³-hybridized carbons (Fsp3) is 0.500. The molecule has 1 fully saturated rings. The zero-order chi connectivity index (χ0) is 14.8. The van der Waals surface area contributed by atoms with E-state index in [0.717, 1.165) is 5.69 Å². The van der Waals surface area contributed by atoms with E-state index in [9.17, 15) is 9.59 Å². The van der Waals surface area contributed by atoms with Crippen LogP contribution in [0.2, 0.25) is 0 Å². The van der Waals surface area contributed by atoms with Gasteiger partial charge in [-0.25, -0.2) is 4.79 Å². The van der Waals surface area contributed by atoms with Gasteiger partial charge in [0.05, 0.1) is 16.8 Å². The number of hydrogen-bond donors (Lipinski definition) is 2. The lowest BCUT2D eigenvalue weighted by molar-refractivity contribution is -0.150. The Morgan fingerprint density at radius 1 is 1.40 bits per heavy atom. The van der Waals surface area contributed by atoms with Crippen molar-refractivity contribution in [1.29, 1.82) is 0 Å². The predicted molar refractivity (Wildman–Crippen MR) is 74.5 cm³/mol. The van der Waals surface area contributed by atoms with E-state index in [2.05, 4.69) is 10.3 Å². The van der Waals surface area contributed by atoms with Crippen molar-refractivity contribution >= 4 is 17.7 Å². The summed E-state index contributed by atoms with van der Waals surface area (Å²) < 4.78 is 0. The summed E-state index contributed by atoms with van der Waals surface area (Å²) in [6, 6.07) is 3.36. The maximum atomic E-state index is 12.1. The highest BCUT2D eigenvalue weighted by Gasteiger charge is 2.38. The van der Waals surface area contributed by atoms with Gasteiger partial charge in [0.25, 0.3) is 0 Å². The van der Waals surface area contributed by atoms with Gasteiger partial charge < -0.3 is 15.3 Å². The minimum atomic E-state index is -0.791. The Bertz CT molecular complexity index is 522. The molecule has 0 radical (unpaired) electrons. The lowest BCUT2D eigenvalue weighted by Crippen LogP contribution is -2.46. The highest BCUT2D eigenvalue weighted by Crippen LogP contribution is 2.31. The second-order valence-electron chi connectivity index (χ2n) is 5.42. The summed E-state index contributed by atoms with van der Waals surface area (Å²) in [5, 5.41) is 12.0. The van der Waals surface area contributed by atoms with Gasteiger partial charge in [0.15, 0.2) is 0 Å². The maximum absolute atomic E-state index is 12.1. The van der Waals surface area contributed by atoms with Gasteiger partial charge in [0.2, 0.25) is 0 Å². The number of piperidine rings is 1. The highest BCUT2D eigenvalue weighted by molar-refractivity contribution is 5.90. The van der Waals surface area contributed by atoms with Crippen molar-refractivity contribution in [2.45, 2.75) is 26.7 Å². The van der Waals surface area contributed by atoms with Crippen LogP contribution < -0.4 is 5.32 Å². The van der Waals surface area contributed by atoms with Crippen LogP contribution in [0.25, 0.3) is 0 Å². The van der Waals surface area contributed by atoms with Crippen molar-refractivity contribution in [2.24, 2.45) is 5.41 Å². The van der Waals surface area contributed by atoms with Crippen LogP contribution in [-0.4, -0.2) is 40.1 Å². The number of aryl methyl sites for hydroxylation is 1. The van der Waals surface area contributed by atoms with Gasteiger partial charge in [-0.2, -0.15) is 0 Å². The molecule has 2 heterocycles. The monoisotopic (exact) mass is 277 g/mol. The zero-order valence-electron chi connectivity index (χ0n) is 11.7. The number of likely N-dealkylation sites (tertiary alicyclic amines) is 1. The molecular weight excluding hydrogens is 258 g/mol. The summed E-state index contributed by atoms with van der Waals surface area (Å²) in [5.74, 6) is -0.791. The molecule has 1 aromatic heterocycles. The summed E-state index contributed by atoms with van der Waals surface area (Å²) in [6.07, 6.45) is 2.62. The third-order valence-electron chi connectivity index (χ3n) is 3.92. The molecule has 1 saturated heterocycles. The summed E-state index contributed by atoms with van der Waals surface area (Å²) in [7, 11) is 0. The van der Waals surface area contributed by atoms with E-state index in [4.69, 9.17) is 5.11 Å². The number of carbonyl (C=O) groups excluding carboxylic acids is 1. The molecule has 0 unspecified atom stereocenters. The number of anilines is 1. The van der Waals surface area contributed by atoms with Crippen LogP contribution in [0.5, 0.6) is 0 Å². The number of urea groups is 1. The van der Waals surface area contributed by atoms with Crippen molar-refractivity contribution in [2.75, 3.05) is 18.4 Å². The molecule has 1 aliphatic heterocycles. The van der Waals surface area contributed by atoms with Gasteiger partial charge in [-0.3, -0.25) is 9.78 Å². The average molecular weight is 277 g/mol. The lowest BCUT2D eigenvalue weighted by atomic mass is 9.80. The van der Waals surface area contributed by atoms with Crippen molar-refractivity contribution in [3.63, 3.8) is 0 Å². The Morgan fingerprint density at radius 2 is 2.05 bits per heavy atom. The number of carboxylic acid groups (broad SMARTS) is 1. The third-order valence-corrected chi connectivity index (χ3v) is 3.92. The third kappa shape index (κ3) is 2.89. The Morgan fingerprint density at radius 3 is 2.60 bits per heavy atom. The van der Waals surface area contributed by atoms with Gasteiger partial charge in [-0.05, 0) is 38.8 Å². The summed E-state index contributed by atoms with van der Waals surface area (Å²) in [5.41, 5.74) is 0.721. The number of rotatable bonds is 2. The Kier molecular flexibility index (Phi) is 3.92. The highest BCUT2D eigenvalue weighted by atomic mass is 16.4. The number of hydrogen-bond acceptors (Lipinski definition) is 3. The fourth-order valence-electron chi connectivity index (χ4n) is 2.23. The van der Waals surface area contributed by atoms with E-state index in [1.165, 1.54) is 0 Å². The van der Waals surface area contributed by atoms with E-state index in [1.807, 2.05) is 6.92 Å². The fourth-order valence-corrected chi connectivity index (χ4v) is 2.23. The molecule has 1 aromatic rings. The van der Waals surface area contributed by atoms with Crippen molar-refractivity contribution in [3.05, 3.63) is 24.0 Å². The quantitative estimate of drug-likeness (QED) is 0.867. The molecular formula is C14H19N3O3. The summed E-state index contributed by atoms with van der Waals surface area (Å²) >= 11 is 0. The molecule has 0 aromatic carbocycles. The first-order chi connectivity index (χ1) is 9.42. The largest absolute Gasteiger partial charge is 0.481 e. The molecule has 0 atom stereocenters. The summed E-state index contributed by atoms with van der Waals surface area (Å²) in [4.78, 5) is 29.1. The van der Waals surface area contributed by atoms with Crippen LogP contribution in [0.3, 0.4) is 0 Å². The van der Waals surface area contributed by atoms with Gasteiger partial charge >= 0.3 is 12.0 Å². The van der Waals surface area contributed by atoms with E-state index in [1.54, 1.807) is 30.2 Å². The molecule has 1 aliphatic rings. The van der Waals surface area contributed by atoms with Crippen molar-refractivity contribution < 1.29 is 14.7 Å². The maximum Gasteiger partial charge on any atom is 0.321 e. The number of nitrogens with zero attached hydrogens (tertiary/aromatic N) is 2. The van der Waals surface area contributed by atoms with Crippen molar-refractivity contribution in [3.8, 4) is 0 Å². The lowest BCUT2D eigenvalue weighted by Gasteiger charge is -2.36. The number of aromatic nitrogens is 1. The van der Waals surface area contributed by atoms with Crippen LogP contribution in [0.1, 0.15) is 25.5 Å². The molecule has 0 spiro atoms. The molecule has 20 heavy (non-hydrogen) atoms. The molecule has 2 N–H and O–H groups in total. The van der Waals surface area contributed by atoms with E-state index >= 15 is 0 Å². The van der Waals surface area contributed by atoms with Gasteiger partial charge in [-0.1, -0.05) is 0 Å². The van der Waals surface area contributed by atoms with Gasteiger partial charge in [0, 0.05) is 19.3 Å². The SMILES string of the molecule is Cc1ncccc1NC(=O)N1CCC(C)(C(=O)O)CC1. The minimum Gasteiger partial charge on any atom is -0.481 e. The summed E-state index contributed by atoms with van der Waals surface area (Å²) in [6.45, 7) is 4.46. The second-order valence-corrected chi connectivity index (χ2v) is 5.42. The average Bonchev–Trinajstić information content (AvgIpc) is 2.42. The van der Waals surface area contributed by atoms with E-state index in [-0.39, 0.29) is 6.03 Å². The first-order valence-corrected chi connectivity index (χ1v) is 6.63. The first-order valence-electron chi connectivity index (χ1n) is 6.63. The van der Waals surface area contributed by atoms with Crippen LogP contribution in [-0.2, 0) is 4.79 Å². The number of carboxylic acids is 1. The van der Waals surface area contributed by atoms with Crippen LogP contribution in [0.4, 0.5) is 10.5 Å². The molecule has 2 amide bonds. The number of carbonyl (C=O) groups is 2. The Balaban J connectivity index is 1.96. The Labute approximate surface area is 117 Å². The zero-order valence-corrected chi connectivity index (χ0v) is 11.7. The molecule has 0 aliphatic carbocycles. The minimum absolute atomic E-state index is 0.200. The van der Waals surface area contributed by atoms with Gasteiger partial charge in [0.1, 0.15) is 0 Å². The Hall–Kier alpha value is -2.11. The predicted octanol–water partition coefficient (Wildman–Crippen LogP) is 2.11. The topological polar surface area (TPSA) is 82.5 Å². The smallest absolute Gasteiger partial charge is 0.321 e. The molecule has 2 rings (SSSR count). The van der Waals surface area contributed by atoms with E-state index in [0.29, 0.717) is 31.6 Å². The van der Waals surface area contributed by atoms with Crippen molar-refractivity contribution in [1.82, 2.24) is 9.88 Å². The normalized spacial score (nSPS) is 17.6. The molecule has 6 heteroatoms. The number of aliphatic carboxylic acids is 1. The van der Waals surface area contributed by atoms with Crippen LogP contribution >= 0.6 is 0 Å². The molecule has 0 saturated carbocycles. The first kappa shape index (κ1) is 14.3. The number of pyridine rings is 1. The van der Waals surface area contributed by atoms with Crippen LogP contribution in [0, 0.1) is 12.3 Å². The standard InChI is InChI=1S/C14H19N3O3/c1-10-11(4-3-7-15-10)16-13(20)17-8-5-14(2,6-9-17)12(18)19/h3-4,7H,5-6,8-9H2,1-2H3,(H,16,20)(H,18,19). The molecule has 108 valence electrons. The second kappa shape index (κ2) is 5.48.